The van der Waals surface area contributed by atoms with Crippen LogP contribution in [0, 0.1) is 0 Å². The van der Waals surface area contributed by atoms with Crippen molar-refractivity contribution in [2.45, 2.75) is 11.3 Å². The zero-order valence-electron chi connectivity index (χ0n) is 15.2. The molecule has 0 bridgehead atoms. The maximum absolute atomic E-state index is 13.2. The van der Waals surface area contributed by atoms with E-state index in [-0.39, 0.29) is 11.4 Å². The summed E-state index contributed by atoms with van der Waals surface area (Å²) in [7, 11) is 0. The highest BCUT2D eigenvalue weighted by Crippen LogP contribution is 2.25. The third-order valence-corrected chi connectivity index (χ3v) is 5.50. The Labute approximate surface area is 167 Å². The van der Waals surface area contributed by atoms with Crippen LogP contribution in [0.3, 0.4) is 0 Å². The van der Waals surface area contributed by atoms with Gasteiger partial charge in [-0.25, -0.2) is 9.36 Å². The van der Waals surface area contributed by atoms with Gasteiger partial charge < -0.3 is 5.11 Å². The highest BCUT2D eigenvalue weighted by molar-refractivity contribution is 7.99. The number of rotatable bonds is 6. The summed E-state index contributed by atoms with van der Waals surface area (Å²) < 4.78 is 3.12. The molecule has 3 aromatic carbocycles. The molecule has 1 heterocycles. The Morgan fingerprint density at radius 2 is 1.21 bits per heavy atom. The molecular weight excluding hydrogens is 368 g/mol. The number of nitrogens with zero attached hydrogens (tertiary/aromatic N) is 2. The van der Waals surface area contributed by atoms with Crippen LogP contribution >= 0.6 is 11.8 Å². The molecule has 0 unspecified atom stereocenters. The van der Waals surface area contributed by atoms with Crippen LogP contribution < -0.4 is 5.56 Å². The van der Waals surface area contributed by atoms with Gasteiger partial charge in [0, 0.05) is 10.6 Å². The fourth-order valence-electron chi connectivity index (χ4n) is 3.15. The highest BCUT2D eigenvalue weighted by Gasteiger charge is 2.21. The Morgan fingerprint density at radius 1 is 0.714 bits per heavy atom. The molecule has 4 aromatic rings. The molecule has 0 atom stereocenters. The second kappa shape index (κ2) is 8.23. The maximum Gasteiger partial charge on any atom is 0.278 e. The van der Waals surface area contributed by atoms with Gasteiger partial charge in [-0.05, 0) is 42.8 Å². The monoisotopic (exact) mass is 388 g/mol. The van der Waals surface area contributed by atoms with Gasteiger partial charge in [0.2, 0.25) is 5.88 Å². The van der Waals surface area contributed by atoms with Crippen molar-refractivity contribution in [3.8, 4) is 17.3 Å². The molecule has 0 saturated heterocycles. The van der Waals surface area contributed by atoms with Gasteiger partial charge in [0.1, 0.15) is 0 Å². The van der Waals surface area contributed by atoms with Crippen LogP contribution in [0.15, 0.2) is 101 Å². The summed E-state index contributed by atoms with van der Waals surface area (Å²) in [5.41, 5.74) is 1.69. The second-order valence-electron chi connectivity index (χ2n) is 6.31. The molecule has 0 spiro atoms. The first-order valence-electron chi connectivity index (χ1n) is 9.10. The summed E-state index contributed by atoms with van der Waals surface area (Å²) in [6.45, 7) is 0. The zero-order chi connectivity index (χ0) is 19.3. The van der Waals surface area contributed by atoms with E-state index < -0.39 is 0 Å². The van der Waals surface area contributed by atoms with Gasteiger partial charge in [-0.2, -0.15) is 0 Å². The standard InChI is InChI=1S/C23H20N2O2S/c26-22-21(16-17-28-20-14-8-3-9-15-20)23(27)25(19-12-6-2-7-13-19)24(22)18-10-4-1-5-11-18/h1-15,26H,16-17H2. The van der Waals surface area contributed by atoms with E-state index in [1.807, 2.05) is 91.0 Å². The molecule has 0 aliphatic rings. The van der Waals surface area contributed by atoms with Crippen molar-refractivity contribution < 1.29 is 5.11 Å². The van der Waals surface area contributed by atoms with Crippen molar-refractivity contribution in [1.29, 1.82) is 0 Å². The highest BCUT2D eigenvalue weighted by atomic mass is 32.2. The molecule has 0 aliphatic carbocycles. The van der Waals surface area contributed by atoms with Crippen molar-refractivity contribution in [2.75, 3.05) is 5.75 Å². The van der Waals surface area contributed by atoms with Crippen LogP contribution in [0.1, 0.15) is 5.56 Å². The summed E-state index contributed by atoms with van der Waals surface area (Å²) in [5.74, 6) is 0.703. The Balaban J connectivity index is 1.73. The average Bonchev–Trinajstić information content (AvgIpc) is 3.00. The van der Waals surface area contributed by atoms with Gasteiger partial charge in [0.25, 0.3) is 5.56 Å². The van der Waals surface area contributed by atoms with Crippen LogP contribution in [0.4, 0.5) is 0 Å². The van der Waals surface area contributed by atoms with E-state index in [9.17, 15) is 9.90 Å². The largest absolute Gasteiger partial charge is 0.493 e. The SMILES string of the molecule is O=c1c(CCSc2ccccc2)c(O)n(-c2ccccc2)n1-c1ccccc1. The maximum atomic E-state index is 13.2. The predicted molar refractivity (Wildman–Crippen MR) is 114 cm³/mol. The fourth-order valence-corrected chi connectivity index (χ4v) is 4.04. The minimum Gasteiger partial charge on any atom is -0.493 e. The number of aromatic nitrogens is 2. The first kappa shape index (κ1) is 18.2. The number of para-hydroxylation sites is 2. The van der Waals surface area contributed by atoms with Gasteiger partial charge in [-0.3, -0.25) is 4.79 Å². The van der Waals surface area contributed by atoms with E-state index >= 15 is 0 Å². The third-order valence-electron chi connectivity index (χ3n) is 4.49. The molecule has 0 aliphatic heterocycles. The lowest BCUT2D eigenvalue weighted by molar-refractivity contribution is 0.421. The Bertz CT molecular complexity index is 1100. The van der Waals surface area contributed by atoms with Crippen molar-refractivity contribution in [3.05, 3.63) is 107 Å². The molecule has 140 valence electrons. The van der Waals surface area contributed by atoms with Crippen LogP contribution in [-0.2, 0) is 6.42 Å². The number of benzene rings is 3. The molecular formula is C23H20N2O2S. The summed E-state index contributed by atoms with van der Waals surface area (Å²) in [6.07, 6.45) is 0.483. The van der Waals surface area contributed by atoms with E-state index in [1.165, 1.54) is 4.68 Å². The van der Waals surface area contributed by atoms with E-state index in [2.05, 4.69) is 0 Å². The van der Waals surface area contributed by atoms with E-state index in [0.29, 0.717) is 23.4 Å². The number of hydrogen-bond acceptors (Lipinski definition) is 3. The van der Waals surface area contributed by atoms with Gasteiger partial charge in [-0.15, -0.1) is 11.8 Å². The molecule has 1 aromatic heterocycles. The van der Waals surface area contributed by atoms with E-state index in [0.717, 1.165) is 10.6 Å². The molecule has 4 nitrogen and oxygen atoms in total. The quantitative estimate of drug-likeness (QED) is 0.488. The van der Waals surface area contributed by atoms with E-state index in [4.69, 9.17) is 0 Å². The lowest BCUT2D eigenvalue weighted by atomic mass is 10.2. The van der Waals surface area contributed by atoms with Crippen molar-refractivity contribution in [2.24, 2.45) is 0 Å². The van der Waals surface area contributed by atoms with Crippen LogP contribution in [0.2, 0.25) is 0 Å². The molecule has 1 N–H and O–H groups in total. The second-order valence-corrected chi connectivity index (χ2v) is 7.48. The van der Waals surface area contributed by atoms with Gasteiger partial charge in [-0.1, -0.05) is 54.6 Å². The zero-order valence-corrected chi connectivity index (χ0v) is 16.0. The van der Waals surface area contributed by atoms with Crippen LogP contribution in [0.5, 0.6) is 5.88 Å². The Kier molecular flexibility index (Phi) is 5.35. The molecule has 28 heavy (non-hydrogen) atoms. The fraction of sp³-hybridized carbons (Fsp3) is 0.0870. The van der Waals surface area contributed by atoms with Gasteiger partial charge >= 0.3 is 0 Å². The molecule has 0 amide bonds. The Hall–Kier alpha value is -3.18. The smallest absolute Gasteiger partial charge is 0.278 e. The summed E-state index contributed by atoms with van der Waals surface area (Å²) in [5, 5.41) is 10.9. The molecule has 0 radical (unpaired) electrons. The van der Waals surface area contributed by atoms with Gasteiger partial charge in [0.05, 0.1) is 16.9 Å². The third kappa shape index (κ3) is 3.62. The average molecular weight is 388 g/mol. The van der Waals surface area contributed by atoms with Gasteiger partial charge in [0.15, 0.2) is 0 Å². The first-order chi connectivity index (χ1) is 13.8. The summed E-state index contributed by atoms with van der Waals surface area (Å²) in [6, 6.07) is 28.9. The first-order valence-corrected chi connectivity index (χ1v) is 10.1. The summed E-state index contributed by atoms with van der Waals surface area (Å²) >= 11 is 1.67. The van der Waals surface area contributed by atoms with Crippen molar-refractivity contribution in [3.63, 3.8) is 0 Å². The van der Waals surface area contributed by atoms with Crippen LogP contribution in [0.25, 0.3) is 11.4 Å². The summed E-state index contributed by atoms with van der Waals surface area (Å²) in [4.78, 5) is 14.3. The molecule has 0 saturated carbocycles. The van der Waals surface area contributed by atoms with E-state index in [1.54, 1.807) is 16.4 Å². The minimum atomic E-state index is -0.193. The Morgan fingerprint density at radius 3 is 1.79 bits per heavy atom. The number of hydrogen-bond donors (Lipinski definition) is 1. The normalized spacial score (nSPS) is 10.9. The topological polar surface area (TPSA) is 47.2 Å². The molecule has 4 rings (SSSR count). The lowest BCUT2D eigenvalue weighted by Crippen LogP contribution is -2.21. The van der Waals surface area contributed by atoms with Crippen molar-refractivity contribution >= 4 is 11.8 Å². The lowest BCUT2D eigenvalue weighted by Gasteiger charge is -2.12. The van der Waals surface area contributed by atoms with Crippen molar-refractivity contribution in [1.82, 2.24) is 9.36 Å². The number of thioether (sulfide) groups is 1. The minimum absolute atomic E-state index is 0.00582. The number of aromatic hydroxyl groups is 1. The molecule has 5 heteroatoms. The predicted octanol–water partition coefficient (Wildman–Crippen LogP) is 4.67. The van der Waals surface area contributed by atoms with Crippen LogP contribution in [-0.4, -0.2) is 20.2 Å². The molecule has 0 fully saturated rings.